The minimum absolute atomic E-state index is 0.473. The second-order valence-corrected chi connectivity index (χ2v) is 3.18. The first-order valence-corrected chi connectivity index (χ1v) is 3.96. The van der Waals surface area contributed by atoms with Crippen LogP contribution in [0, 0.1) is 0 Å². The van der Waals surface area contributed by atoms with Gasteiger partial charge in [-0.3, -0.25) is 0 Å². The Hall–Kier alpha value is 0.0900. The topological polar surface area (TPSA) is 90.2 Å². The second kappa shape index (κ2) is 3.87. The predicted octanol–water partition coefficient (Wildman–Crippen LogP) is -1.97. The van der Waals surface area contributed by atoms with E-state index in [0.29, 0.717) is 0 Å². The van der Waals surface area contributed by atoms with Gasteiger partial charge in [0, 0.05) is 0 Å². The van der Waals surface area contributed by atoms with Crippen LogP contribution in [-0.4, -0.2) is 57.0 Å². The Morgan fingerprint density at radius 2 is 1.75 bits per heavy atom. The van der Waals surface area contributed by atoms with Crippen molar-refractivity contribution in [3.63, 3.8) is 0 Å². The first kappa shape index (κ1) is 10.2. The molecular weight excluding hydrogens is 188 g/mol. The summed E-state index contributed by atoms with van der Waals surface area (Å²) in [6.45, 7) is -0.473. The Kier molecular flexibility index (Phi) is 3.28. The molecule has 0 amide bonds. The smallest absolute Gasteiger partial charge is 0.174 e. The fourth-order valence-electron chi connectivity index (χ4n) is 1.06. The van der Waals surface area contributed by atoms with Crippen LogP contribution in [0.15, 0.2) is 0 Å². The zero-order chi connectivity index (χ0) is 9.30. The van der Waals surface area contributed by atoms with Crippen molar-refractivity contribution in [3.8, 4) is 0 Å². The van der Waals surface area contributed by atoms with E-state index in [-0.39, 0.29) is 0 Å². The molecule has 0 aromatic rings. The Labute approximate surface area is 74.2 Å². The van der Waals surface area contributed by atoms with E-state index in [4.69, 9.17) is 26.6 Å². The lowest BCUT2D eigenvalue weighted by Crippen LogP contribution is -2.56. The van der Waals surface area contributed by atoms with Crippen LogP contribution >= 0.6 is 11.6 Å². The molecule has 1 heterocycles. The molecule has 1 fully saturated rings. The lowest BCUT2D eigenvalue weighted by Gasteiger charge is -2.37. The van der Waals surface area contributed by atoms with Crippen molar-refractivity contribution in [2.45, 2.75) is 30.0 Å². The van der Waals surface area contributed by atoms with Gasteiger partial charge >= 0.3 is 0 Å². The quantitative estimate of drug-likeness (QED) is 0.367. The zero-order valence-electron chi connectivity index (χ0n) is 6.17. The fraction of sp³-hybridized carbons (Fsp3) is 1.00. The summed E-state index contributed by atoms with van der Waals surface area (Å²) in [6.07, 6.45) is -4.89. The molecule has 1 aliphatic heterocycles. The van der Waals surface area contributed by atoms with Gasteiger partial charge < -0.3 is 25.2 Å². The van der Waals surface area contributed by atoms with Crippen LogP contribution in [0.1, 0.15) is 0 Å². The predicted molar refractivity (Wildman–Crippen MR) is 39.6 cm³/mol. The number of alkyl halides is 1. The normalized spacial score (nSPS) is 49.2. The summed E-state index contributed by atoms with van der Waals surface area (Å²) in [5.74, 6) is 0. The number of rotatable bonds is 1. The molecule has 12 heavy (non-hydrogen) atoms. The molecule has 0 unspecified atom stereocenters. The van der Waals surface area contributed by atoms with E-state index in [1.807, 2.05) is 0 Å². The number of ether oxygens (including phenoxy) is 1. The van der Waals surface area contributed by atoms with Crippen LogP contribution in [0.2, 0.25) is 0 Å². The average Bonchev–Trinajstić information content (AvgIpc) is 2.08. The molecule has 0 spiro atoms. The minimum Gasteiger partial charge on any atom is -0.394 e. The Balaban J connectivity index is 2.63. The van der Waals surface area contributed by atoms with Crippen molar-refractivity contribution < 1.29 is 25.2 Å². The summed E-state index contributed by atoms with van der Waals surface area (Å²) in [7, 11) is 0. The molecule has 6 heteroatoms. The van der Waals surface area contributed by atoms with Gasteiger partial charge in [-0.25, -0.2) is 0 Å². The van der Waals surface area contributed by atoms with Crippen molar-refractivity contribution in [2.75, 3.05) is 6.61 Å². The second-order valence-electron chi connectivity index (χ2n) is 2.67. The van der Waals surface area contributed by atoms with Crippen LogP contribution in [0.5, 0.6) is 0 Å². The van der Waals surface area contributed by atoms with E-state index in [1.165, 1.54) is 0 Å². The van der Waals surface area contributed by atoms with Gasteiger partial charge in [0.15, 0.2) is 6.29 Å². The monoisotopic (exact) mass is 198 g/mol. The summed E-state index contributed by atoms with van der Waals surface area (Å²) < 4.78 is 4.69. The molecule has 0 saturated carbocycles. The highest BCUT2D eigenvalue weighted by Gasteiger charge is 2.42. The van der Waals surface area contributed by atoms with Gasteiger partial charge in [0.05, 0.1) is 6.61 Å². The third-order valence-corrected chi connectivity index (χ3v) is 2.30. The molecule has 0 aromatic heterocycles. The van der Waals surface area contributed by atoms with Gasteiger partial charge in [-0.15, -0.1) is 11.6 Å². The molecular formula is C6H11ClO5. The molecule has 1 rings (SSSR count). The number of halogens is 1. The van der Waals surface area contributed by atoms with Gasteiger partial charge in [0.2, 0.25) is 0 Å². The van der Waals surface area contributed by atoms with E-state index in [1.54, 1.807) is 0 Å². The van der Waals surface area contributed by atoms with E-state index in [2.05, 4.69) is 0 Å². The summed E-state index contributed by atoms with van der Waals surface area (Å²) in [5.41, 5.74) is 0. The Morgan fingerprint density at radius 3 is 2.25 bits per heavy atom. The van der Waals surface area contributed by atoms with Crippen LogP contribution in [-0.2, 0) is 4.74 Å². The van der Waals surface area contributed by atoms with Gasteiger partial charge in [-0.1, -0.05) is 0 Å². The van der Waals surface area contributed by atoms with E-state index in [9.17, 15) is 10.2 Å². The highest BCUT2D eigenvalue weighted by atomic mass is 35.5. The molecule has 0 radical (unpaired) electrons. The maximum Gasteiger partial charge on any atom is 0.174 e. The van der Waals surface area contributed by atoms with Crippen LogP contribution < -0.4 is 0 Å². The number of aliphatic hydroxyl groups excluding tert-OH is 4. The van der Waals surface area contributed by atoms with Crippen molar-refractivity contribution in [1.82, 2.24) is 0 Å². The molecule has 0 bridgehead atoms. The summed E-state index contributed by atoms with van der Waals surface area (Å²) >= 11 is 5.47. The lowest BCUT2D eigenvalue weighted by atomic mass is 10.0. The Morgan fingerprint density at radius 1 is 1.17 bits per heavy atom. The minimum atomic E-state index is -1.36. The first-order chi connectivity index (χ1) is 5.57. The van der Waals surface area contributed by atoms with Gasteiger partial charge in [0.1, 0.15) is 23.7 Å². The summed E-state index contributed by atoms with van der Waals surface area (Å²) in [5, 5.41) is 35.0. The molecule has 1 saturated heterocycles. The lowest BCUT2D eigenvalue weighted by molar-refractivity contribution is -0.236. The SMILES string of the molecule is OC[C@H]1O[C@H](O)[C@@H](Cl)[C@H](O)[C@H]1O. The van der Waals surface area contributed by atoms with E-state index in [0.717, 1.165) is 0 Å². The van der Waals surface area contributed by atoms with E-state index >= 15 is 0 Å². The van der Waals surface area contributed by atoms with Gasteiger partial charge in [0.25, 0.3) is 0 Å². The van der Waals surface area contributed by atoms with Crippen molar-refractivity contribution in [2.24, 2.45) is 0 Å². The largest absolute Gasteiger partial charge is 0.394 e. The van der Waals surface area contributed by atoms with Crippen LogP contribution in [0.3, 0.4) is 0 Å². The molecule has 5 nitrogen and oxygen atoms in total. The molecule has 4 N–H and O–H groups in total. The molecule has 72 valence electrons. The fourth-order valence-corrected chi connectivity index (χ4v) is 1.27. The third-order valence-electron chi connectivity index (χ3n) is 1.82. The van der Waals surface area contributed by atoms with Gasteiger partial charge in [-0.2, -0.15) is 0 Å². The van der Waals surface area contributed by atoms with E-state index < -0.39 is 36.6 Å². The molecule has 5 atom stereocenters. The van der Waals surface area contributed by atoms with Crippen LogP contribution in [0.25, 0.3) is 0 Å². The zero-order valence-corrected chi connectivity index (χ0v) is 6.92. The third kappa shape index (κ3) is 1.71. The first-order valence-electron chi connectivity index (χ1n) is 3.52. The molecule has 0 aromatic carbocycles. The van der Waals surface area contributed by atoms with Crippen LogP contribution in [0.4, 0.5) is 0 Å². The summed E-state index contributed by atoms with van der Waals surface area (Å²) in [6, 6.07) is 0. The maximum absolute atomic E-state index is 9.20. The number of hydrogen-bond acceptors (Lipinski definition) is 5. The molecule has 0 aliphatic carbocycles. The van der Waals surface area contributed by atoms with Crippen molar-refractivity contribution >= 4 is 11.6 Å². The average molecular weight is 199 g/mol. The highest BCUT2D eigenvalue weighted by molar-refractivity contribution is 6.21. The molecule has 1 aliphatic rings. The highest BCUT2D eigenvalue weighted by Crippen LogP contribution is 2.23. The van der Waals surface area contributed by atoms with Crippen molar-refractivity contribution in [3.05, 3.63) is 0 Å². The standard InChI is InChI=1S/C6H11ClO5/c7-3-5(10)4(9)2(1-8)12-6(3)11/h2-6,8-11H,1H2/t2-,3+,4+,5+,6+/m1/s1. The van der Waals surface area contributed by atoms with Gasteiger partial charge in [-0.05, 0) is 0 Å². The summed E-state index contributed by atoms with van der Waals surface area (Å²) in [4.78, 5) is 0. The number of aliphatic hydroxyl groups is 4. The maximum atomic E-state index is 9.20. The Bertz CT molecular complexity index is 150. The number of hydrogen-bond donors (Lipinski definition) is 4. The van der Waals surface area contributed by atoms with Crippen molar-refractivity contribution in [1.29, 1.82) is 0 Å².